The lowest BCUT2D eigenvalue weighted by molar-refractivity contribution is 0.0708. The zero-order valence-corrected chi connectivity index (χ0v) is 13.0. The van der Waals surface area contributed by atoms with Crippen molar-refractivity contribution in [2.24, 2.45) is 0 Å². The van der Waals surface area contributed by atoms with Gasteiger partial charge in [0.2, 0.25) is 0 Å². The molecule has 0 aliphatic carbocycles. The van der Waals surface area contributed by atoms with Crippen LogP contribution in [0.3, 0.4) is 0 Å². The number of nitrogens with zero attached hydrogens (tertiary/aromatic N) is 1. The lowest BCUT2D eigenvalue weighted by Gasteiger charge is -2.27. The third-order valence-electron chi connectivity index (χ3n) is 3.52. The molecule has 1 amide bonds. The van der Waals surface area contributed by atoms with Gasteiger partial charge in [0.25, 0.3) is 5.91 Å². The van der Waals surface area contributed by atoms with Crippen LogP contribution >= 0.6 is 11.6 Å². The van der Waals surface area contributed by atoms with Gasteiger partial charge >= 0.3 is 0 Å². The Hall–Kier alpha value is -1.61. The standard InChI is InChI=1S/C17H19ClFNO/c1-12(2)20(11-5-10-18)17(21)15-8-9-16(19)14-7-4-3-6-13(14)15/h3-4,6-9,12H,5,10-11H2,1-2H3. The highest BCUT2D eigenvalue weighted by atomic mass is 35.5. The molecule has 2 nitrogen and oxygen atoms in total. The number of hydrogen-bond acceptors (Lipinski definition) is 1. The first-order valence-electron chi connectivity index (χ1n) is 7.10. The van der Waals surface area contributed by atoms with Crippen molar-refractivity contribution in [3.05, 3.63) is 47.8 Å². The van der Waals surface area contributed by atoms with Crippen LogP contribution in [0.2, 0.25) is 0 Å². The quantitative estimate of drug-likeness (QED) is 0.747. The van der Waals surface area contributed by atoms with E-state index in [1.165, 1.54) is 6.07 Å². The normalized spacial score (nSPS) is 11.1. The third kappa shape index (κ3) is 3.35. The van der Waals surface area contributed by atoms with Crippen LogP contribution in [0.25, 0.3) is 10.8 Å². The smallest absolute Gasteiger partial charge is 0.254 e. The summed E-state index contributed by atoms with van der Waals surface area (Å²) in [6.45, 7) is 4.54. The van der Waals surface area contributed by atoms with Crippen LogP contribution in [-0.4, -0.2) is 29.3 Å². The minimum absolute atomic E-state index is 0.0736. The molecule has 0 N–H and O–H groups in total. The second kappa shape index (κ2) is 6.90. The van der Waals surface area contributed by atoms with E-state index in [1.807, 2.05) is 19.9 Å². The topological polar surface area (TPSA) is 20.3 Å². The first-order chi connectivity index (χ1) is 10.1. The number of carbonyl (C=O) groups is 1. The van der Waals surface area contributed by atoms with E-state index < -0.39 is 0 Å². The predicted octanol–water partition coefficient (Wildman–Crippen LogP) is 4.46. The van der Waals surface area contributed by atoms with Gasteiger partial charge in [0.15, 0.2) is 0 Å². The van der Waals surface area contributed by atoms with E-state index in [0.717, 1.165) is 6.42 Å². The molecule has 0 atom stereocenters. The second-order valence-corrected chi connectivity index (χ2v) is 5.65. The fourth-order valence-electron chi connectivity index (χ4n) is 2.43. The molecule has 0 bridgehead atoms. The van der Waals surface area contributed by atoms with Crippen LogP contribution in [0.1, 0.15) is 30.6 Å². The second-order valence-electron chi connectivity index (χ2n) is 5.28. The molecule has 0 saturated carbocycles. The van der Waals surface area contributed by atoms with Crippen LogP contribution in [0.15, 0.2) is 36.4 Å². The van der Waals surface area contributed by atoms with Gasteiger partial charge in [0.05, 0.1) is 0 Å². The fourth-order valence-corrected chi connectivity index (χ4v) is 2.55. The van der Waals surface area contributed by atoms with Gasteiger partial charge in [0, 0.05) is 29.4 Å². The molecule has 112 valence electrons. The molecule has 21 heavy (non-hydrogen) atoms. The SMILES string of the molecule is CC(C)N(CCCCl)C(=O)c1ccc(F)c2ccccc12. The van der Waals surface area contributed by atoms with E-state index in [-0.39, 0.29) is 17.8 Å². The summed E-state index contributed by atoms with van der Waals surface area (Å²) in [6, 6.07) is 10.1. The molecule has 0 aliphatic rings. The van der Waals surface area contributed by atoms with Gasteiger partial charge in [-0.05, 0) is 37.8 Å². The summed E-state index contributed by atoms with van der Waals surface area (Å²) in [5.41, 5.74) is 0.537. The number of alkyl halides is 1. The first-order valence-corrected chi connectivity index (χ1v) is 7.64. The molecule has 0 heterocycles. The summed E-state index contributed by atoms with van der Waals surface area (Å²) >= 11 is 5.73. The lowest BCUT2D eigenvalue weighted by Crippen LogP contribution is -2.38. The van der Waals surface area contributed by atoms with E-state index in [2.05, 4.69) is 0 Å². The molecule has 0 radical (unpaired) electrons. The Morgan fingerprint density at radius 3 is 2.48 bits per heavy atom. The average molecular weight is 308 g/mol. The molecule has 0 saturated heterocycles. The van der Waals surface area contributed by atoms with Crippen molar-refractivity contribution in [2.45, 2.75) is 26.3 Å². The van der Waals surface area contributed by atoms with Crippen molar-refractivity contribution in [1.29, 1.82) is 0 Å². The van der Waals surface area contributed by atoms with Crippen molar-refractivity contribution in [2.75, 3.05) is 12.4 Å². The number of benzene rings is 2. The highest BCUT2D eigenvalue weighted by Gasteiger charge is 2.20. The van der Waals surface area contributed by atoms with Crippen molar-refractivity contribution in [3.63, 3.8) is 0 Å². The van der Waals surface area contributed by atoms with E-state index in [4.69, 9.17) is 11.6 Å². The highest BCUT2D eigenvalue weighted by Crippen LogP contribution is 2.23. The van der Waals surface area contributed by atoms with Crippen LogP contribution < -0.4 is 0 Å². The summed E-state index contributed by atoms with van der Waals surface area (Å²) in [5.74, 6) is 0.131. The van der Waals surface area contributed by atoms with Crippen LogP contribution in [0.4, 0.5) is 4.39 Å². The third-order valence-corrected chi connectivity index (χ3v) is 3.79. The van der Waals surface area contributed by atoms with Crippen molar-refractivity contribution >= 4 is 28.3 Å². The monoisotopic (exact) mass is 307 g/mol. The number of halogens is 2. The zero-order valence-electron chi connectivity index (χ0n) is 12.3. The molecule has 0 aliphatic heterocycles. The maximum atomic E-state index is 13.8. The Morgan fingerprint density at radius 2 is 1.86 bits per heavy atom. The Bertz CT molecular complexity index is 642. The first kappa shape index (κ1) is 15.8. The Morgan fingerprint density at radius 1 is 1.19 bits per heavy atom. The minimum atomic E-state index is -0.306. The molecular formula is C17H19ClFNO. The number of rotatable bonds is 5. The Labute approximate surface area is 129 Å². The van der Waals surface area contributed by atoms with Crippen LogP contribution in [-0.2, 0) is 0 Å². The Kier molecular flexibility index (Phi) is 5.18. The number of fused-ring (bicyclic) bond motifs is 1. The molecule has 0 aromatic heterocycles. The van der Waals surface area contributed by atoms with E-state index in [1.54, 1.807) is 29.2 Å². The molecule has 2 aromatic rings. The predicted molar refractivity (Wildman–Crippen MR) is 85.4 cm³/mol. The van der Waals surface area contributed by atoms with Crippen LogP contribution in [0, 0.1) is 5.82 Å². The maximum absolute atomic E-state index is 13.8. The number of amides is 1. The molecule has 4 heteroatoms. The Balaban J connectivity index is 2.45. The van der Waals surface area contributed by atoms with E-state index in [0.29, 0.717) is 28.8 Å². The van der Waals surface area contributed by atoms with Gasteiger partial charge < -0.3 is 4.90 Å². The summed E-state index contributed by atoms with van der Waals surface area (Å²) < 4.78 is 13.8. The minimum Gasteiger partial charge on any atom is -0.336 e. The number of hydrogen-bond donors (Lipinski definition) is 0. The van der Waals surface area contributed by atoms with Gasteiger partial charge in [-0.15, -0.1) is 11.6 Å². The summed E-state index contributed by atoms with van der Waals surface area (Å²) in [4.78, 5) is 14.6. The number of carbonyl (C=O) groups excluding carboxylic acids is 1. The van der Waals surface area contributed by atoms with Gasteiger partial charge in [-0.1, -0.05) is 24.3 Å². The van der Waals surface area contributed by atoms with Gasteiger partial charge in [-0.25, -0.2) is 4.39 Å². The maximum Gasteiger partial charge on any atom is 0.254 e. The molecular weight excluding hydrogens is 289 g/mol. The summed E-state index contributed by atoms with van der Waals surface area (Å²) in [7, 11) is 0. The molecule has 0 fully saturated rings. The van der Waals surface area contributed by atoms with Crippen molar-refractivity contribution in [3.8, 4) is 0 Å². The summed E-state index contributed by atoms with van der Waals surface area (Å²) in [5, 5.41) is 1.13. The van der Waals surface area contributed by atoms with Crippen molar-refractivity contribution in [1.82, 2.24) is 4.90 Å². The lowest BCUT2D eigenvalue weighted by atomic mass is 10.0. The molecule has 2 aromatic carbocycles. The zero-order chi connectivity index (χ0) is 15.4. The summed E-state index contributed by atoms with van der Waals surface area (Å²) in [6.07, 6.45) is 0.741. The van der Waals surface area contributed by atoms with Gasteiger partial charge in [-0.3, -0.25) is 4.79 Å². The van der Waals surface area contributed by atoms with Crippen LogP contribution in [0.5, 0.6) is 0 Å². The average Bonchev–Trinajstić information content (AvgIpc) is 2.48. The highest BCUT2D eigenvalue weighted by molar-refractivity contribution is 6.17. The van der Waals surface area contributed by atoms with E-state index >= 15 is 0 Å². The fraction of sp³-hybridized carbons (Fsp3) is 0.353. The van der Waals surface area contributed by atoms with Gasteiger partial charge in [-0.2, -0.15) is 0 Å². The van der Waals surface area contributed by atoms with Crippen molar-refractivity contribution < 1.29 is 9.18 Å². The largest absolute Gasteiger partial charge is 0.336 e. The molecule has 0 spiro atoms. The molecule has 0 unspecified atom stereocenters. The van der Waals surface area contributed by atoms with E-state index in [9.17, 15) is 9.18 Å². The molecule has 2 rings (SSSR count). The van der Waals surface area contributed by atoms with Gasteiger partial charge in [0.1, 0.15) is 5.82 Å².